The van der Waals surface area contributed by atoms with Gasteiger partial charge in [-0.1, -0.05) is 24.2 Å². The maximum Gasteiger partial charge on any atom is 0.335 e. The van der Waals surface area contributed by atoms with E-state index in [1.54, 1.807) is 18.2 Å². The van der Waals surface area contributed by atoms with E-state index >= 15 is 0 Å². The van der Waals surface area contributed by atoms with E-state index in [0.29, 0.717) is 24.1 Å². The van der Waals surface area contributed by atoms with Gasteiger partial charge in [0.15, 0.2) is 5.84 Å². The molecule has 1 rings (SSSR count). The van der Waals surface area contributed by atoms with Gasteiger partial charge in [-0.05, 0) is 25.0 Å². The smallest absolute Gasteiger partial charge is 0.335 e. The number of nitrogens with zero attached hydrogens (tertiary/aromatic N) is 1. The second-order valence-electron chi connectivity index (χ2n) is 3.71. The molecule has 0 aliphatic rings. The molecule has 0 aliphatic carbocycles. The minimum atomic E-state index is -0.392. The van der Waals surface area contributed by atoms with Crippen molar-refractivity contribution in [2.75, 3.05) is 5.73 Å². The zero-order valence-corrected chi connectivity index (χ0v) is 10.1. The molecule has 0 amide bonds. The molecule has 0 spiro atoms. The zero-order chi connectivity index (χ0) is 12.8. The summed E-state index contributed by atoms with van der Waals surface area (Å²) in [5.74, 6) is -0.240. The van der Waals surface area contributed by atoms with Crippen LogP contribution >= 0.6 is 0 Å². The quantitative estimate of drug-likeness (QED) is 0.272. The Hall–Kier alpha value is -2.04. The highest BCUT2D eigenvalue weighted by atomic mass is 16.7. The number of hydrogen-bond donors (Lipinski definition) is 2. The number of nitrogens with two attached hydrogens (primary N) is 2. The fourth-order valence-corrected chi connectivity index (χ4v) is 1.33. The summed E-state index contributed by atoms with van der Waals surface area (Å²) in [5.41, 5.74) is 13.6. The summed E-state index contributed by atoms with van der Waals surface area (Å²) < 4.78 is 0. The van der Waals surface area contributed by atoms with E-state index in [1.165, 1.54) is 0 Å². The molecule has 0 atom stereocenters. The van der Waals surface area contributed by atoms with Crippen molar-refractivity contribution in [1.29, 1.82) is 0 Å². The van der Waals surface area contributed by atoms with Crippen molar-refractivity contribution in [3.8, 4) is 0 Å². The fourth-order valence-electron chi connectivity index (χ4n) is 1.33. The van der Waals surface area contributed by atoms with Crippen LogP contribution in [0.5, 0.6) is 0 Å². The van der Waals surface area contributed by atoms with Crippen LogP contribution in [0, 0.1) is 6.92 Å². The first-order valence-electron chi connectivity index (χ1n) is 5.45. The molecule has 1 aromatic rings. The Morgan fingerprint density at radius 3 is 2.82 bits per heavy atom. The summed E-state index contributed by atoms with van der Waals surface area (Å²) in [6.45, 7) is 3.72. The molecule has 0 heterocycles. The van der Waals surface area contributed by atoms with Crippen molar-refractivity contribution in [3.05, 3.63) is 29.3 Å². The number of nitrogen functional groups attached to an aromatic ring is 1. The fraction of sp³-hybridized carbons (Fsp3) is 0.333. The normalized spacial score (nSPS) is 11.3. The predicted molar refractivity (Wildman–Crippen MR) is 67.3 cm³/mol. The Labute approximate surface area is 100 Å². The van der Waals surface area contributed by atoms with Gasteiger partial charge in [-0.15, -0.1) is 0 Å². The highest BCUT2D eigenvalue weighted by Gasteiger charge is 2.07. The molecule has 0 radical (unpaired) electrons. The Balaban J connectivity index is 2.82. The SMILES string of the molecule is CCCC(=O)O/N=C(\N)c1cccc(N)c1C. The Morgan fingerprint density at radius 2 is 2.18 bits per heavy atom. The van der Waals surface area contributed by atoms with Crippen LogP contribution in [0.3, 0.4) is 0 Å². The molecule has 0 aromatic heterocycles. The van der Waals surface area contributed by atoms with E-state index in [-0.39, 0.29) is 5.84 Å². The van der Waals surface area contributed by atoms with Crippen molar-refractivity contribution in [3.63, 3.8) is 0 Å². The zero-order valence-electron chi connectivity index (χ0n) is 10.1. The molecule has 0 unspecified atom stereocenters. The summed E-state index contributed by atoms with van der Waals surface area (Å²) in [4.78, 5) is 15.8. The Kier molecular flexibility index (Phi) is 4.51. The van der Waals surface area contributed by atoms with E-state index < -0.39 is 5.97 Å². The van der Waals surface area contributed by atoms with E-state index in [1.807, 2.05) is 13.8 Å². The van der Waals surface area contributed by atoms with Gasteiger partial charge >= 0.3 is 5.97 Å². The first-order chi connectivity index (χ1) is 8.06. The predicted octanol–water partition coefficient (Wildman–Crippen LogP) is 1.54. The highest BCUT2D eigenvalue weighted by Crippen LogP contribution is 2.15. The van der Waals surface area contributed by atoms with Gasteiger partial charge in [-0.25, -0.2) is 4.79 Å². The Bertz CT molecular complexity index is 441. The van der Waals surface area contributed by atoms with E-state index in [4.69, 9.17) is 11.5 Å². The van der Waals surface area contributed by atoms with Crippen LogP contribution in [0.4, 0.5) is 5.69 Å². The number of rotatable bonds is 4. The molecule has 4 N–H and O–H groups in total. The van der Waals surface area contributed by atoms with Gasteiger partial charge in [0.05, 0.1) is 0 Å². The third-order valence-corrected chi connectivity index (χ3v) is 2.35. The molecular weight excluding hydrogens is 218 g/mol. The van der Waals surface area contributed by atoms with Crippen LogP contribution in [-0.4, -0.2) is 11.8 Å². The lowest BCUT2D eigenvalue weighted by Gasteiger charge is -2.06. The minimum Gasteiger partial charge on any atom is -0.398 e. The summed E-state index contributed by atoms with van der Waals surface area (Å²) in [5, 5.41) is 3.60. The van der Waals surface area contributed by atoms with Crippen molar-refractivity contribution >= 4 is 17.5 Å². The van der Waals surface area contributed by atoms with Crippen molar-refractivity contribution in [1.82, 2.24) is 0 Å². The number of anilines is 1. The molecule has 17 heavy (non-hydrogen) atoms. The topological polar surface area (TPSA) is 90.7 Å². The maximum absolute atomic E-state index is 11.1. The van der Waals surface area contributed by atoms with Crippen LogP contribution in [0.25, 0.3) is 0 Å². The van der Waals surface area contributed by atoms with E-state index in [2.05, 4.69) is 9.99 Å². The second kappa shape index (κ2) is 5.89. The molecule has 0 saturated carbocycles. The van der Waals surface area contributed by atoms with Gasteiger partial charge in [-0.3, -0.25) is 0 Å². The lowest BCUT2D eigenvalue weighted by atomic mass is 10.1. The molecule has 92 valence electrons. The number of carbonyl (C=O) groups excluding carboxylic acids is 1. The van der Waals surface area contributed by atoms with Gasteiger partial charge in [0.2, 0.25) is 0 Å². The maximum atomic E-state index is 11.1. The molecule has 0 bridgehead atoms. The molecule has 1 aromatic carbocycles. The van der Waals surface area contributed by atoms with E-state index in [9.17, 15) is 4.79 Å². The van der Waals surface area contributed by atoms with Gasteiger partial charge in [0.25, 0.3) is 0 Å². The lowest BCUT2D eigenvalue weighted by Crippen LogP contribution is -2.17. The number of benzene rings is 1. The monoisotopic (exact) mass is 235 g/mol. The van der Waals surface area contributed by atoms with Gasteiger partial charge in [0.1, 0.15) is 0 Å². The van der Waals surface area contributed by atoms with Gasteiger partial charge < -0.3 is 16.3 Å². The molecule has 5 nitrogen and oxygen atoms in total. The Morgan fingerprint density at radius 1 is 1.47 bits per heavy atom. The molecule has 5 heteroatoms. The van der Waals surface area contributed by atoms with Gasteiger partial charge in [0, 0.05) is 17.7 Å². The van der Waals surface area contributed by atoms with Gasteiger partial charge in [-0.2, -0.15) is 0 Å². The molecule has 0 aliphatic heterocycles. The highest BCUT2D eigenvalue weighted by molar-refractivity contribution is 5.99. The summed E-state index contributed by atoms with van der Waals surface area (Å²) in [7, 11) is 0. The van der Waals surface area contributed by atoms with E-state index in [0.717, 1.165) is 5.56 Å². The number of hydrogen-bond acceptors (Lipinski definition) is 4. The van der Waals surface area contributed by atoms with Crippen LogP contribution in [0.1, 0.15) is 30.9 Å². The molecule has 0 fully saturated rings. The number of amidine groups is 1. The minimum absolute atomic E-state index is 0.152. The third-order valence-electron chi connectivity index (χ3n) is 2.35. The average Bonchev–Trinajstić information content (AvgIpc) is 2.30. The number of carbonyl (C=O) groups is 1. The van der Waals surface area contributed by atoms with Crippen LogP contribution in [0.2, 0.25) is 0 Å². The second-order valence-corrected chi connectivity index (χ2v) is 3.71. The molecule has 0 saturated heterocycles. The standard InChI is InChI=1S/C12H17N3O2/c1-3-5-11(16)17-15-12(14)9-6-4-7-10(13)8(9)2/h4,6-7H,3,5,13H2,1-2H3,(H2,14,15). The van der Waals surface area contributed by atoms with Crippen LogP contribution in [0.15, 0.2) is 23.4 Å². The van der Waals surface area contributed by atoms with Crippen LogP contribution < -0.4 is 11.5 Å². The summed E-state index contributed by atoms with van der Waals surface area (Å²) in [6.07, 6.45) is 1.04. The average molecular weight is 235 g/mol. The van der Waals surface area contributed by atoms with Crippen molar-refractivity contribution < 1.29 is 9.63 Å². The number of oxime groups is 1. The third kappa shape index (κ3) is 3.48. The first kappa shape index (κ1) is 13.0. The summed E-state index contributed by atoms with van der Waals surface area (Å²) >= 11 is 0. The largest absolute Gasteiger partial charge is 0.398 e. The molecular formula is C12H17N3O2. The van der Waals surface area contributed by atoms with Crippen molar-refractivity contribution in [2.24, 2.45) is 10.9 Å². The first-order valence-corrected chi connectivity index (χ1v) is 5.45. The van der Waals surface area contributed by atoms with Crippen molar-refractivity contribution in [2.45, 2.75) is 26.7 Å². The lowest BCUT2D eigenvalue weighted by molar-refractivity contribution is -0.143. The van der Waals surface area contributed by atoms with Crippen LogP contribution in [-0.2, 0) is 9.63 Å². The summed E-state index contributed by atoms with van der Waals surface area (Å²) in [6, 6.07) is 5.32.